The highest BCUT2D eigenvalue weighted by molar-refractivity contribution is 5.10. The first-order chi connectivity index (χ1) is 4.74. The number of imidazole rings is 1. The number of aromatic nitrogens is 2. The van der Waals surface area contributed by atoms with Gasteiger partial charge in [-0.05, 0) is 20.4 Å². The van der Waals surface area contributed by atoms with Crippen molar-refractivity contribution in [3.63, 3.8) is 0 Å². The van der Waals surface area contributed by atoms with Gasteiger partial charge in [0.15, 0.2) is 0 Å². The van der Waals surface area contributed by atoms with E-state index in [0.29, 0.717) is 6.54 Å². The maximum atomic E-state index is 5.36. The lowest BCUT2D eigenvalue weighted by Gasteiger charge is -1.87. The number of aryl methyl sites for hydroxylation is 2. The predicted octanol–water partition coefficient (Wildman–Crippen LogP) is 0.528. The fraction of sp³-hybridized carbons (Fsp3) is 0.571. The zero-order valence-corrected chi connectivity index (χ0v) is 6.44. The Hall–Kier alpha value is -0.830. The van der Waals surface area contributed by atoms with E-state index in [2.05, 4.69) is 9.97 Å². The first-order valence-corrected chi connectivity index (χ1v) is 3.46. The largest absolute Gasteiger partial charge is 0.346 e. The number of nitrogens with zero attached hydrogens (tertiary/aromatic N) is 1. The molecule has 1 aromatic heterocycles. The van der Waals surface area contributed by atoms with Gasteiger partial charge in [0.05, 0.1) is 5.69 Å². The quantitative estimate of drug-likeness (QED) is 0.628. The zero-order valence-electron chi connectivity index (χ0n) is 6.44. The van der Waals surface area contributed by atoms with E-state index in [-0.39, 0.29) is 0 Å². The fourth-order valence-corrected chi connectivity index (χ4v) is 0.876. The maximum Gasteiger partial charge on any atom is 0.107 e. The van der Waals surface area contributed by atoms with Crippen LogP contribution in [0.15, 0.2) is 0 Å². The summed E-state index contributed by atoms with van der Waals surface area (Å²) in [6.07, 6.45) is 0.842. The molecule has 0 aliphatic heterocycles. The summed E-state index contributed by atoms with van der Waals surface area (Å²) in [6, 6.07) is 0. The van der Waals surface area contributed by atoms with Crippen molar-refractivity contribution in [3.05, 3.63) is 17.2 Å². The van der Waals surface area contributed by atoms with Crippen molar-refractivity contribution in [1.29, 1.82) is 0 Å². The van der Waals surface area contributed by atoms with Crippen LogP contribution in [-0.2, 0) is 6.42 Å². The molecule has 0 bridgehead atoms. The molecule has 0 saturated heterocycles. The Morgan fingerprint density at radius 2 is 2.20 bits per heavy atom. The molecule has 0 fully saturated rings. The van der Waals surface area contributed by atoms with Gasteiger partial charge in [-0.25, -0.2) is 4.98 Å². The molecule has 1 rings (SSSR count). The predicted molar refractivity (Wildman–Crippen MR) is 40.8 cm³/mol. The monoisotopic (exact) mass is 139 g/mol. The normalized spacial score (nSPS) is 10.3. The van der Waals surface area contributed by atoms with Gasteiger partial charge in [-0.2, -0.15) is 0 Å². The summed E-state index contributed by atoms with van der Waals surface area (Å²) < 4.78 is 0. The molecule has 3 heteroatoms. The van der Waals surface area contributed by atoms with E-state index in [1.807, 2.05) is 13.8 Å². The first kappa shape index (κ1) is 7.28. The van der Waals surface area contributed by atoms with Gasteiger partial charge in [-0.1, -0.05) is 0 Å². The van der Waals surface area contributed by atoms with E-state index < -0.39 is 0 Å². The highest BCUT2D eigenvalue weighted by Crippen LogP contribution is 2.01. The molecule has 0 aromatic carbocycles. The summed E-state index contributed by atoms with van der Waals surface area (Å²) in [5.41, 5.74) is 7.57. The van der Waals surface area contributed by atoms with Gasteiger partial charge < -0.3 is 10.7 Å². The number of nitrogens with two attached hydrogens (primary N) is 1. The molecule has 0 aliphatic carbocycles. The highest BCUT2D eigenvalue weighted by atomic mass is 14.9. The van der Waals surface area contributed by atoms with Crippen LogP contribution in [-0.4, -0.2) is 16.5 Å². The second-order valence-electron chi connectivity index (χ2n) is 2.43. The maximum absolute atomic E-state index is 5.36. The van der Waals surface area contributed by atoms with Crippen molar-refractivity contribution in [2.75, 3.05) is 6.54 Å². The number of rotatable bonds is 2. The lowest BCUT2D eigenvalue weighted by atomic mass is 10.4. The molecule has 0 unspecified atom stereocenters. The van der Waals surface area contributed by atoms with Gasteiger partial charge in [0.25, 0.3) is 0 Å². The minimum atomic E-state index is 0.659. The van der Waals surface area contributed by atoms with Crippen molar-refractivity contribution >= 4 is 0 Å². The zero-order chi connectivity index (χ0) is 7.56. The van der Waals surface area contributed by atoms with Gasteiger partial charge in [-0.3, -0.25) is 0 Å². The number of hydrogen-bond acceptors (Lipinski definition) is 2. The summed E-state index contributed by atoms with van der Waals surface area (Å²) in [5.74, 6) is 0.998. The Morgan fingerprint density at radius 3 is 2.60 bits per heavy atom. The summed E-state index contributed by atoms with van der Waals surface area (Å²) in [4.78, 5) is 7.42. The van der Waals surface area contributed by atoms with Gasteiger partial charge >= 0.3 is 0 Å². The molecule has 0 aliphatic rings. The molecule has 3 N–H and O–H groups in total. The van der Waals surface area contributed by atoms with Gasteiger partial charge in [0, 0.05) is 12.1 Å². The van der Waals surface area contributed by atoms with E-state index in [1.54, 1.807) is 0 Å². The van der Waals surface area contributed by atoms with Gasteiger partial charge in [-0.15, -0.1) is 0 Å². The molecule has 0 radical (unpaired) electrons. The van der Waals surface area contributed by atoms with E-state index in [1.165, 1.54) is 0 Å². The molecule has 0 atom stereocenters. The molecular weight excluding hydrogens is 126 g/mol. The molecule has 0 spiro atoms. The fourth-order valence-electron chi connectivity index (χ4n) is 0.876. The highest BCUT2D eigenvalue weighted by Gasteiger charge is 1.99. The third-order valence-electron chi connectivity index (χ3n) is 1.56. The SMILES string of the molecule is Cc1nc(CCN)[nH]c1C. The molecule has 56 valence electrons. The Morgan fingerprint density at radius 1 is 1.50 bits per heavy atom. The van der Waals surface area contributed by atoms with Crippen LogP contribution in [0.25, 0.3) is 0 Å². The number of aromatic amines is 1. The second-order valence-corrected chi connectivity index (χ2v) is 2.43. The van der Waals surface area contributed by atoms with Crippen LogP contribution in [0.5, 0.6) is 0 Å². The van der Waals surface area contributed by atoms with Crippen LogP contribution >= 0.6 is 0 Å². The van der Waals surface area contributed by atoms with E-state index in [0.717, 1.165) is 23.6 Å². The van der Waals surface area contributed by atoms with Crippen molar-refractivity contribution in [1.82, 2.24) is 9.97 Å². The van der Waals surface area contributed by atoms with Crippen LogP contribution in [0.2, 0.25) is 0 Å². The van der Waals surface area contributed by atoms with E-state index >= 15 is 0 Å². The standard InChI is InChI=1S/C7H13N3/c1-5-6(2)10-7(9-5)3-4-8/h3-4,8H2,1-2H3,(H,9,10). The number of H-pyrrole nitrogens is 1. The number of hydrogen-bond donors (Lipinski definition) is 2. The Kier molecular flexibility index (Phi) is 2.06. The minimum absolute atomic E-state index is 0.659. The molecule has 0 saturated carbocycles. The molecule has 3 nitrogen and oxygen atoms in total. The average Bonchev–Trinajstić information content (AvgIpc) is 2.14. The van der Waals surface area contributed by atoms with Crippen LogP contribution < -0.4 is 5.73 Å². The number of nitrogens with one attached hydrogen (secondary N) is 1. The Bertz CT molecular complexity index is 195. The van der Waals surface area contributed by atoms with Gasteiger partial charge in [0.2, 0.25) is 0 Å². The van der Waals surface area contributed by atoms with Crippen LogP contribution in [0, 0.1) is 13.8 Å². The van der Waals surface area contributed by atoms with Crippen molar-refractivity contribution in [3.8, 4) is 0 Å². The van der Waals surface area contributed by atoms with E-state index in [4.69, 9.17) is 5.73 Å². The third kappa shape index (κ3) is 1.36. The van der Waals surface area contributed by atoms with Crippen molar-refractivity contribution < 1.29 is 0 Å². The first-order valence-electron chi connectivity index (χ1n) is 3.46. The van der Waals surface area contributed by atoms with Crippen molar-refractivity contribution in [2.45, 2.75) is 20.3 Å². The third-order valence-corrected chi connectivity index (χ3v) is 1.56. The summed E-state index contributed by atoms with van der Waals surface area (Å²) >= 11 is 0. The summed E-state index contributed by atoms with van der Waals surface area (Å²) in [6.45, 7) is 4.67. The minimum Gasteiger partial charge on any atom is -0.346 e. The lowest BCUT2D eigenvalue weighted by molar-refractivity contribution is 0.888. The average molecular weight is 139 g/mol. The molecular formula is C7H13N3. The molecule has 0 amide bonds. The van der Waals surface area contributed by atoms with Crippen LogP contribution in [0.3, 0.4) is 0 Å². The van der Waals surface area contributed by atoms with Crippen LogP contribution in [0.1, 0.15) is 17.2 Å². The van der Waals surface area contributed by atoms with Gasteiger partial charge in [0.1, 0.15) is 5.82 Å². The second kappa shape index (κ2) is 2.84. The summed E-state index contributed by atoms with van der Waals surface area (Å²) in [5, 5.41) is 0. The summed E-state index contributed by atoms with van der Waals surface area (Å²) in [7, 11) is 0. The Balaban J connectivity index is 2.77. The molecule has 10 heavy (non-hydrogen) atoms. The smallest absolute Gasteiger partial charge is 0.107 e. The molecule has 1 aromatic rings. The lowest BCUT2D eigenvalue weighted by Crippen LogP contribution is -2.03. The Labute approximate surface area is 60.7 Å². The topological polar surface area (TPSA) is 54.7 Å². The van der Waals surface area contributed by atoms with Crippen molar-refractivity contribution in [2.24, 2.45) is 5.73 Å². The molecule has 1 heterocycles. The van der Waals surface area contributed by atoms with E-state index in [9.17, 15) is 0 Å². The van der Waals surface area contributed by atoms with Crippen LogP contribution in [0.4, 0.5) is 0 Å².